The quantitative estimate of drug-likeness (QED) is 0.751. The summed E-state index contributed by atoms with van der Waals surface area (Å²) < 4.78 is 19.3. The highest BCUT2D eigenvalue weighted by atomic mass is 35.5. The van der Waals surface area contributed by atoms with Gasteiger partial charge in [-0.25, -0.2) is 4.39 Å². The van der Waals surface area contributed by atoms with Gasteiger partial charge in [-0.15, -0.1) is 0 Å². The van der Waals surface area contributed by atoms with Gasteiger partial charge in [-0.05, 0) is 55.8 Å². The normalized spacial score (nSPS) is 10.7. The smallest absolute Gasteiger partial charge is 0.146 e. The van der Waals surface area contributed by atoms with Gasteiger partial charge in [0.2, 0.25) is 0 Å². The van der Waals surface area contributed by atoms with Gasteiger partial charge in [-0.3, -0.25) is 0 Å². The van der Waals surface area contributed by atoms with Crippen LogP contribution in [0.25, 0.3) is 0 Å². The van der Waals surface area contributed by atoms with Crippen LogP contribution in [0.5, 0.6) is 11.5 Å². The molecule has 0 unspecified atom stereocenters. The lowest BCUT2D eigenvalue weighted by Crippen LogP contribution is -2.14. The summed E-state index contributed by atoms with van der Waals surface area (Å²) in [7, 11) is 0. The minimum atomic E-state index is -0.273. The lowest BCUT2D eigenvalue weighted by atomic mass is 10.2. The summed E-state index contributed by atoms with van der Waals surface area (Å²) in [6.45, 7) is 5.49. The summed E-state index contributed by atoms with van der Waals surface area (Å²) >= 11 is 6.18. The maximum atomic E-state index is 13.4. The van der Waals surface area contributed by atoms with Gasteiger partial charge in [-0.2, -0.15) is 0 Å². The number of hydrogen-bond acceptors (Lipinski definition) is 2. The van der Waals surface area contributed by atoms with E-state index in [9.17, 15) is 4.39 Å². The summed E-state index contributed by atoms with van der Waals surface area (Å²) in [4.78, 5) is 0. The molecule has 0 bridgehead atoms. The van der Waals surface area contributed by atoms with Crippen molar-refractivity contribution in [1.29, 1.82) is 0 Å². The Morgan fingerprint density at radius 2 is 1.90 bits per heavy atom. The van der Waals surface area contributed by atoms with Crippen molar-refractivity contribution < 1.29 is 9.13 Å². The van der Waals surface area contributed by atoms with Crippen molar-refractivity contribution in [1.82, 2.24) is 5.32 Å². The summed E-state index contributed by atoms with van der Waals surface area (Å²) in [5.41, 5.74) is 1.84. The number of halogens is 2. The molecule has 0 aliphatic heterocycles. The monoisotopic (exact) mass is 307 g/mol. The van der Waals surface area contributed by atoms with Gasteiger partial charge >= 0.3 is 0 Å². The van der Waals surface area contributed by atoms with Gasteiger partial charge < -0.3 is 10.1 Å². The van der Waals surface area contributed by atoms with Crippen molar-refractivity contribution in [2.45, 2.75) is 26.8 Å². The molecule has 0 radical (unpaired) electrons. The molecule has 0 amide bonds. The summed E-state index contributed by atoms with van der Waals surface area (Å²) in [6, 6.07) is 10.1. The predicted molar refractivity (Wildman–Crippen MR) is 84.7 cm³/mol. The molecule has 0 atom stereocenters. The molecule has 0 fully saturated rings. The molecule has 1 N–H and O–H groups in total. The predicted octanol–water partition coefficient (Wildman–Crippen LogP) is 5.08. The first-order valence-electron chi connectivity index (χ1n) is 7.03. The fourth-order valence-corrected chi connectivity index (χ4v) is 2.27. The van der Waals surface area contributed by atoms with Gasteiger partial charge in [0.1, 0.15) is 17.3 Å². The number of aryl methyl sites for hydroxylation is 1. The van der Waals surface area contributed by atoms with Crippen LogP contribution in [0.1, 0.15) is 24.5 Å². The second-order valence-corrected chi connectivity index (χ2v) is 5.37. The zero-order valence-electron chi connectivity index (χ0n) is 12.2. The van der Waals surface area contributed by atoms with Crippen molar-refractivity contribution in [2.75, 3.05) is 6.54 Å². The Labute approximate surface area is 129 Å². The van der Waals surface area contributed by atoms with E-state index in [0.29, 0.717) is 23.1 Å². The first-order chi connectivity index (χ1) is 10.1. The van der Waals surface area contributed by atoms with Crippen molar-refractivity contribution in [3.05, 3.63) is 58.4 Å². The van der Waals surface area contributed by atoms with Crippen LogP contribution in [0.15, 0.2) is 36.4 Å². The molecule has 0 aromatic heterocycles. The minimum absolute atomic E-state index is 0.273. The molecule has 21 heavy (non-hydrogen) atoms. The third-order valence-corrected chi connectivity index (χ3v) is 3.37. The second kappa shape index (κ2) is 7.43. The first-order valence-corrected chi connectivity index (χ1v) is 7.41. The van der Waals surface area contributed by atoms with Crippen LogP contribution in [0.2, 0.25) is 5.02 Å². The average Bonchev–Trinajstić information content (AvgIpc) is 2.44. The van der Waals surface area contributed by atoms with E-state index < -0.39 is 0 Å². The Morgan fingerprint density at radius 3 is 2.62 bits per heavy atom. The SMILES string of the molecule is CCCNCc1cc(F)ccc1Oc1ccc(C)cc1Cl. The van der Waals surface area contributed by atoms with E-state index in [0.717, 1.165) is 24.1 Å². The highest BCUT2D eigenvalue weighted by Gasteiger charge is 2.09. The van der Waals surface area contributed by atoms with Crippen molar-refractivity contribution >= 4 is 11.6 Å². The summed E-state index contributed by atoms with van der Waals surface area (Å²) in [5, 5.41) is 3.80. The van der Waals surface area contributed by atoms with Gasteiger partial charge in [0.05, 0.1) is 5.02 Å². The maximum Gasteiger partial charge on any atom is 0.146 e. The van der Waals surface area contributed by atoms with E-state index in [4.69, 9.17) is 16.3 Å². The van der Waals surface area contributed by atoms with Gasteiger partial charge in [0, 0.05) is 12.1 Å². The topological polar surface area (TPSA) is 21.3 Å². The van der Waals surface area contributed by atoms with Crippen molar-refractivity contribution in [2.24, 2.45) is 0 Å². The maximum absolute atomic E-state index is 13.4. The van der Waals surface area contributed by atoms with E-state index in [2.05, 4.69) is 12.2 Å². The third kappa shape index (κ3) is 4.45. The lowest BCUT2D eigenvalue weighted by molar-refractivity contribution is 0.470. The molecule has 0 saturated heterocycles. The standard InChI is InChI=1S/C17H19ClFNO/c1-3-8-20-11-13-10-14(19)5-7-16(13)21-17-6-4-12(2)9-15(17)18/h4-7,9-10,20H,3,8,11H2,1-2H3. The Morgan fingerprint density at radius 1 is 1.14 bits per heavy atom. The fraction of sp³-hybridized carbons (Fsp3) is 0.294. The van der Waals surface area contributed by atoms with E-state index in [-0.39, 0.29) is 5.82 Å². The zero-order valence-corrected chi connectivity index (χ0v) is 13.0. The van der Waals surface area contributed by atoms with E-state index in [1.807, 2.05) is 25.1 Å². The Kier molecular flexibility index (Phi) is 5.59. The fourth-order valence-electron chi connectivity index (χ4n) is 1.99. The van der Waals surface area contributed by atoms with E-state index in [1.165, 1.54) is 12.1 Å². The molecule has 2 aromatic rings. The van der Waals surface area contributed by atoms with Gasteiger partial charge in [0.25, 0.3) is 0 Å². The average molecular weight is 308 g/mol. The molecule has 0 saturated carbocycles. The van der Waals surface area contributed by atoms with Crippen LogP contribution in [0, 0.1) is 12.7 Å². The van der Waals surface area contributed by atoms with Crippen LogP contribution in [0.3, 0.4) is 0 Å². The molecule has 0 heterocycles. The van der Waals surface area contributed by atoms with E-state index in [1.54, 1.807) is 6.07 Å². The number of nitrogens with one attached hydrogen (secondary N) is 1. The molecular formula is C17H19ClFNO. The molecule has 2 rings (SSSR count). The van der Waals surface area contributed by atoms with Crippen LogP contribution in [-0.2, 0) is 6.54 Å². The molecule has 2 aromatic carbocycles. The Bertz CT molecular complexity index is 616. The number of hydrogen-bond donors (Lipinski definition) is 1. The second-order valence-electron chi connectivity index (χ2n) is 4.96. The van der Waals surface area contributed by atoms with Crippen LogP contribution in [0.4, 0.5) is 4.39 Å². The van der Waals surface area contributed by atoms with Crippen LogP contribution in [-0.4, -0.2) is 6.54 Å². The van der Waals surface area contributed by atoms with Crippen LogP contribution >= 0.6 is 11.6 Å². The molecule has 0 aliphatic rings. The first kappa shape index (κ1) is 15.8. The molecule has 4 heteroatoms. The molecular weight excluding hydrogens is 289 g/mol. The molecule has 2 nitrogen and oxygen atoms in total. The third-order valence-electron chi connectivity index (χ3n) is 3.07. The number of rotatable bonds is 6. The molecule has 0 aliphatic carbocycles. The van der Waals surface area contributed by atoms with Crippen LogP contribution < -0.4 is 10.1 Å². The number of ether oxygens (including phenoxy) is 1. The Hall–Kier alpha value is -1.58. The highest BCUT2D eigenvalue weighted by molar-refractivity contribution is 6.32. The Balaban J connectivity index is 2.22. The van der Waals surface area contributed by atoms with Crippen molar-refractivity contribution in [3.8, 4) is 11.5 Å². The van der Waals surface area contributed by atoms with Crippen molar-refractivity contribution in [3.63, 3.8) is 0 Å². The summed E-state index contributed by atoms with van der Waals surface area (Å²) in [6.07, 6.45) is 1.02. The molecule has 112 valence electrons. The number of benzene rings is 2. The largest absolute Gasteiger partial charge is 0.455 e. The summed E-state index contributed by atoms with van der Waals surface area (Å²) in [5.74, 6) is 0.919. The van der Waals surface area contributed by atoms with Gasteiger partial charge in [0.15, 0.2) is 0 Å². The molecule has 0 spiro atoms. The highest BCUT2D eigenvalue weighted by Crippen LogP contribution is 2.32. The van der Waals surface area contributed by atoms with Gasteiger partial charge in [-0.1, -0.05) is 24.6 Å². The lowest BCUT2D eigenvalue weighted by Gasteiger charge is -2.13. The van der Waals surface area contributed by atoms with E-state index >= 15 is 0 Å². The zero-order chi connectivity index (χ0) is 15.2. The minimum Gasteiger partial charge on any atom is -0.455 e.